The van der Waals surface area contributed by atoms with Crippen molar-refractivity contribution in [3.05, 3.63) is 89.2 Å². The number of guanidine groups is 1. The van der Waals surface area contributed by atoms with E-state index in [9.17, 15) is 4.79 Å². The van der Waals surface area contributed by atoms with E-state index < -0.39 is 0 Å². The van der Waals surface area contributed by atoms with Crippen LogP contribution in [0.2, 0.25) is 0 Å². The minimum absolute atomic E-state index is 0.00164. The number of hydrogen-bond acceptors (Lipinski definition) is 3. The smallest absolute Gasteiger partial charge is 0.253 e. The van der Waals surface area contributed by atoms with Gasteiger partial charge in [0.1, 0.15) is 0 Å². The fraction of sp³-hybridized carbons (Fsp3) is 0.261. The average molecular weight is 405 g/mol. The summed E-state index contributed by atoms with van der Waals surface area (Å²) in [7, 11) is 5.25. The van der Waals surface area contributed by atoms with Crippen molar-refractivity contribution < 1.29 is 4.79 Å². The van der Waals surface area contributed by atoms with Crippen LogP contribution in [0.3, 0.4) is 0 Å². The molecule has 0 saturated heterocycles. The largest absolute Gasteiger partial charge is 0.352 e. The van der Waals surface area contributed by atoms with Crippen molar-refractivity contribution in [2.45, 2.75) is 19.6 Å². The predicted octanol–water partition coefficient (Wildman–Crippen LogP) is 2.50. The van der Waals surface area contributed by atoms with Crippen LogP contribution in [0, 0.1) is 0 Å². The quantitative estimate of drug-likeness (QED) is 0.469. The van der Waals surface area contributed by atoms with Gasteiger partial charge in [-0.25, -0.2) is 0 Å². The van der Waals surface area contributed by atoms with Crippen LogP contribution in [0.4, 0.5) is 0 Å². The zero-order valence-electron chi connectivity index (χ0n) is 17.7. The van der Waals surface area contributed by atoms with Crippen LogP contribution in [0.1, 0.15) is 27.0 Å². The second-order valence-electron chi connectivity index (χ2n) is 7.20. The van der Waals surface area contributed by atoms with Crippen LogP contribution in [-0.4, -0.2) is 47.7 Å². The van der Waals surface area contributed by atoms with E-state index in [-0.39, 0.29) is 5.91 Å². The molecule has 0 unspecified atom stereocenters. The molecule has 30 heavy (non-hydrogen) atoms. The van der Waals surface area contributed by atoms with Crippen LogP contribution >= 0.6 is 0 Å². The minimum Gasteiger partial charge on any atom is -0.352 e. The average Bonchev–Trinajstić information content (AvgIpc) is 3.27. The molecule has 0 spiro atoms. The number of nitrogens with one attached hydrogen (secondary N) is 2. The molecule has 0 saturated carbocycles. The number of amides is 1. The number of benzene rings is 2. The van der Waals surface area contributed by atoms with Crippen molar-refractivity contribution >= 4 is 11.9 Å². The molecule has 0 aliphatic rings. The molecule has 0 bridgehead atoms. The SMILES string of the molecule is CN=C(NCc1ccc(C(=O)N(C)C)cc1)NCc1cccc(Cn2cccn2)c1. The lowest BCUT2D eigenvalue weighted by molar-refractivity contribution is 0.0827. The molecular weight excluding hydrogens is 376 g/mol. The molecule has 2 aromatic carbocycles. The van der Waals surface area contributed by atoms with E-state index in [0.29, 0.717) is 18.7 Å². The molecule has 7 nitrogen and oxygen atoms in total. The number of carbonyl (C=O) groups is 1. The molecular formula is C23H28N6O. The van der Waals surface area contributed by atoms with Crippen LogP contribution in [-0.2, 0) is 19.6 Å². The van der Waals surface area contributed by atoms with Gasteiger partial charge in [0.2, 0.25) is 0 Å². The number of aliphatic imine (C=N–C) groups is 1. The number of hydrogen-bond donors (Lipinski definition) is 2. The third-order valence-electron chi connectivity index (χ3n) is 4.65. The van der Waals surface area contributed by atoms with E-state index in [4.69, 9.17) is 0 Å². The summed E-state index contributed by atoms with van der Waals surface area (Å²) in [6, 6.07) is 17.9. The molecule has 0 radical (unpaired) electrons. The van der Waals surface area contributed by atoms with E-state index >= 15 is 0 Å². The minimum atomic E-state index is 0.00164. The Morgan fingerprint density at radius 2 is 1.70 bits per heavy atom. The molecule has 7 heteroatoms. The van der Waals surface area contributed by atoms with Gasteiger partial charge in [0.25, 0.3) is 5.91 Å². The lowest BCUT2D eigenvalue weighted by Crippen LogP contribution is -2.36. The fourth-order valence-corrected chi connectivity index (χ4v) is 3.03. The number of carbonyl (C=O) groups excluding carboxylic acids is 1. The first-order valence-corrected chi connectivity index (χ1v) is 9.85. The van der Waals surface area contributed by atoms with Crippen molar-refractivity contribution in [1.29, 1.82) is 0 Å². The van der Waals surface area contributed by atoms with Gasteiger partial charge >= 0.3 is 0 Å². The summed E-state index contributed by atoms with van der Waals surface area (Å²) in [6.45, 7) is 2.04. The molecule has 1 aromatic heterocycles. The van der Waals surface area contributed by atoms with Crippen molar-refractivity contribution in [2.75, 3.05) is 21.1 Å². The molecule has 3 rings (SSSR count). The Morgan fingerprint density at radius 3 is 2.33 bits per heavy atom. The first-order chi connectivity index (χ1) is 14.5. The zero-order valence-corrected chi connectivity index (χ0v) is 17.7. The zero-order chi connectivity index (χ0) is 21.3. The summed E-state index contributed by atoms with van der Waals surface area (Å²) in [5.74, 6) is 0.725. The van der Waals surface area contributed by atoms with Gasteiger partial charge in [0.05, 0.1) is 6.54 Å². The highest BCUT2D eigenvalue weighted by atomic mass is 16.2. The van der Waals surface area contributed by atoms with Gasteiger partial charge in [0.15, 0.2) is 5.96 Å². The van der Waals surface area contributed by atoms with E-state index in [1.165, 1.54) is 11.1 Å². The predicted molar refractivity (Wildman–Crippen MR) is 119 cm³/mol. The van der Waals surface area contributed by atoms with Crippen LogP contribution in [0.15, 0.2) is 72.0 Å². The van der Waals surface area contributed by atoms with Gasteiger partial charge in [-0.05, 0) is 34.9 Å². The molecule has 156 valence electrons. The van der Waals surface area contributed by atoms with Crippen LogP contribution < -0.4 is 10.6 Å². The summed E-state index contributed by atoms with van der Waals surface area (Å²) in [6.07, 6.45) is 3.74. The maximum Gasteiger partial charge on any atom is 0.253 e. The normalized spacial score (nSPS) is 11.2. The van der Waals surface area contributed by atoms with Gasteiger partial charge in [-0.1, -0.05) is 36.4 Å². The van der Waals surface area contributed by atoms with Crippen molar-refractivity contribution in [3.63, 3.8) is 0 Å². The standard InChI is InChI=1S/C23H28N6O/c1-24-23(25-15-18-8-10-21(11-9-18)22(30)28(2)3)26-16-19-6-4-7-20(14-19)17-29-13-5-12-27-29/h4-14H,15-17H2,1-3H3,(H2,24,25,26). The van der Waals surface area contributed by atoms with E-state index in [2.05, 4.69) is 45.0 Å². The van der Waals surface area contributed by atoms with Crippen molar-refractivity contribution in [1.82, 2.24) is 25.3 Å². The highest BCUT2D eigenvalue weighted by molar-refractivity contribution is 5.93. The highest BCUT2D eigenvalue weighted by Crippen LogP contribution is 2.08. The second kappa shape index (κ2) is 10.2. The third kappa shape index (κ3) is 5.94. The van der Waals surface area contributed by atoms with E-state index in [1.807, 2.05) is 41.2 Å². The monoisotopic (exact) mass is 404 g/mol. The van der Waals surface area contributed by atoms with Gasteiger partial charge in [-0.2, -0.15) is 5.10 Å². The summed E-state index contributed by atoms with van der Waals surface area (Å²) < 4.78 is 1.91. The Morgan fingerprint density at radius 1 is 1.00 bits per heavy atom. The van der Waals surface area contributed by atoms with Gasteiger partial charge in [-0.3, -0.25) is 14.5 Å². The number of rotatable bonds is 7. The summed E-state index contributed by atoms with van der Waals surface area (Å²) >= 11 is 0. The van der Waals surface area contributed by atoms with E-state index in [0.717, 1.165) is 18.1 Å². The Hall–Kier alpha value is -3.61. The van der Waals surface area contributed by atoms with Crippen LogP contribution in [0.5, 0.6) is 0 Å². The molecule has 1 amide bonds. The molecule has 0 fully saturated rings. The lowest BCUT2D eigenvalue weighted by atomic mass is 10.1. The summed E-state index contributed by atoms with van der Waals surface area (Å²) in [5.41, 5.74) is 4.14. The lowest BCUT2D eigenvalue weighted by Gasteiger charge is -2.13. The van der Waals surface area contributed by atoms with Gasteiger partial charge in [-0.15, -0.1) is 0 Å². The number of aromatic nitrogens is 2. The number of nitrogens with zero attached hydrogens (tertiary/aromatic N) is 4. The first-order valence-electron chi connectivity index (χ1n) is 9.85. The third-order valence-corrected chi connectivity index (χ3v) is 4.65. The Kier molecular flexibility index (Phi) is 7.21. The summed E-state index contributed by atoms with van der Waals surface area (Å²) in [5, 5.41) is 10.9. The molecule has 0 atom stereocenters. The molecule has 1 heterocycles. The maximum absolute atomic E-state index is 12.0. The van der Waals surface area contributed by atoms with Crippen LogP contribution in [0.25, 0.3) is 0 Å². The van der Waals surface area contributed by atoms with Gasteiger partial charge < -0.3 is 15.5 Å². The maximum atomic E-state index is 12.0. The topological polar surface area (TPSA) is 74.6 Å². The Bertz CT molecular complexity index is 977. The Labute approximate surface area is 177 Å². The first kappa shape index (κ1) is 21.1. The molecule has 0 aliphatic heterocycles. The van der Waals surface area contributed by atoms with Gasteiger partial charge in [0, 0.05) is 52.2 Å². The Balaban J connectivity index is 1.51. The van der Waals surface area contributed by atoms with Crippen molar-refractivity contribution in [2.24, 2.45) is 4.99 Å². The molecule has 2 N–H and O–H groups in total. The van der Waals surface area contributed by atoms with E-state index in [1.54, 1.807) is 32.2 Å². The summed E-state index contributed by atoms with van der Waals surface area (Å²) in [4.78, 5) is 17.8. The molecule has 3 aromatic rings. The molecule has 0 aliphatic carbocycles. The second-order valence-corrected chi connectivity index (χ2v) is 7.20. The fourth-order valence-electron chi connectivity index (χ4n) is 3.03. The highest BCUT2D eigenvalue weighted by Gasteiger charge is 2.07. The van der Waals surface area contributed by atoms with Crippen molar-refractivity contribution in [3.8, 4) is 0 Å².